The Labute approximate surface area is 98.4 Å². The summed E-state index contributed by atoms with van der Waals surface area (Å²) in [5, 5.41) is 10.6. The number of rotatable bonds is 2. The van der Waals surface area contributed by atoms with Crippen molar-refractivity contribution >= 4 is 22.5 Å². The Kier molecular flexibility index (Phi) is 2.16. The maximum Gasteiger partial charge on any atom is 0.244 e. The highest BCUT2D eigenvalue weighted by atomic mass is 16.2. The van der Waals surface area contributed by atoms with Crippen molar-refractivity contribution in [1.82, 2.24) is 10.2 Å². The molecule has 1 fully saturated rings. The number of nitrogens with two attached hydrogens (primary N) is 1. The molecule has 1 amide bonds. The second-order valence-corrected chi connectivity index (χ2v) is 4.64. The van der Waals surface area contributed by atoms with Crippen molar-refractivity contribution in [2.75, 3.05) is 5.32 Å². The SMILES string of the molecule is NC1(C(=O)Nc2ccc3[nH]ncc3c2)CCC1. The van der Waals surface area contributed by atoms with Gasteiger partial charge in [-0.1, -0.05) is 0 Å². The van der Waals surface area contributed by atoms with Crippen LogP contribution in [0.1, 0.15) is 19.3 Å². The second-order valence-electron chi connectivity index (χ2n) is 4.64. The molecule has 88 valence electrons. The fourth-order valence-corrected chi connectivity index (χ4v) is 2.06. The Morgan fingerprint density at radius 3 is 3.00 bits per heavy atom. The first-order valence-corrected chi connectivity index (χ1v) is 5.71. The lowest BCUT2D eigenvalue weighted by Gasteiger charge is -2.36. The van der Waals surface area contributed by atoms with E-state index < -0.39 is 5.54 Å². The van der Waals surface area contributed by atoms with Crippen molar-refractivity contribution in [3.8, 4) is 0 Å². The Morgan fingerprint density at radius 2 is 2.29 bits per heavy atom. The fourth-order valence-electron chi connectivity index (χ4n) is 2.06. The average molecular weight is 230 g/mol. The van der Waals surface area contributed by atoms with Crippen LogP contribution in [0, 0.1) is 0 Å². The maximum atomic E-state index is 11.9. The van der Waals surface area contributed by atoms with Gasteiger partial charge in [0.25, 0.3) is 0 Å². The van der Waals surface area contributed by atoms with Crippen LogP contribution >= 0.6 is 0 Å². The summed E-state index contributed by atoms with van der Waals surface area (Å²) in [5.41, 5.74) is 7.01. The number of nitrogens with zero attached hydrogens (tertiary/aromatic N) is 1. The van der Waals surface area contributed by atoms with E-state index in [1.165, 1.54) is 0 Å². The largest absolute Gasteiger partial charge is 0.324 e. The first-order chi connectivity index (χ1) is 8.17. The number of benzene rings is 1. The summed E-state index contributed by atoms with van der Waals surface area (Å²) in [6.45, 7) is 0. The molecule has 2 aromatic rings. The Morgan fingerprint density at radius 1 is 1.47 bits per heavy atom. The molecule has 1 aliphatic carbocycles. The van der Waals surface area contributed by atoms with Crippen LogP contribution in [0.2, 0.25) is 0 Å². The molecule has 5 heteroatoms. The quantitative estimate of drug-likeness (QED) is 0.728. The van der Waals surface area contributed by atoms with E-state index >= 15 is 0 Å². The zero-order valence-corrected chi connectivity index (χ0v) is 9.36. The summed E-state index contributed by atoms with van der Waals surface area (Å²) in [6.07, 6.45) is 4.30. The molecule has 0 saturated heterocycles. The van der Waals surface area contributed by atoms with Crippen LogP contribution in [0.3, 0.4) is 0 Å². The number of nitrogens with one attached hydrogen (secondary N) is 2. The molecule has 1 aliphatic rings. The Balaban J connectivity index is 1.82. The zero-order chi connectivity index (χ0) is 11.9. The Bertz CT molecular complexity index is 571. The number of carbonyl (C=O) groups is 1. The van der Waals surface area contributed by atoms with Crippen LogP contribution in [0.25, 0.3) is 10.9 Å². The number of fused-ring (bicyclic) bond motifs is 1. The van der Waals surface area contributed by atoms with E-state index in [0.717, 1.165) is 35.9 Å². The lowest BCUT2D eigenvalue weighted by Crippen LogP contribution is -2.56. The molecule has 0 atom stereocenters. The number of hydrogen-bond acceptors (Lipinski definition) is 3. The number of amides is 1. The van der Waals surface area contributed by atoms with Gasteiger partial charge in [-0.3, -0.25) is 9.89 Å². The van der Waals surface area contributed by atoms with Crippen molar-refractivity contribution in [2.45, 2.75) is 24.8 Å². The van der Waals surface area contributed by atoms with E-state index in [4.69, 9.17) is 5.73 Å². The number of anilines is 1. The van der Waals surface area contributed by atoms with Crippen LogP contribution in [0.5, 0.6) is 0 Å². The molecule has 5 nitrogen and oxygen atoms in total. The highest BCUT2D eigenvalue weighted by Gasteiger charge is 2.40. The molecule has 1 aromatic heterocycles. The van der Waals surface area contributed by atoms with E-state index in [2.05, 4.69) is 15.5 Å². The molecule has 1 heterocycles. The van der Waals surface area contributed by atoms with Crippen molar-refractivity contribution < 1.29 is 4.79 Å². The predicted octanol–water partition coefficient (Wildman–Crippen LogP) is 1.38. The average Bonchev–Trinajstić information content (AvgIpc) is 2.73. The third-order valence-corrected chi connectivity index (χ3v) is 3.40. The van der Waals surface area contributed by atoms with Crippen LogP contribution in [0.15, 0.2) is 24.4 Å². The lowest BCUT2D eigenvalue weighted by molar-refractivity contribution is -0.123. The molecule has 1 saturated carbocycles. The number of aromatic nitrogens is 2. The third-order valence-electron chi connectivity index (χ3n) is 3.40. The van der Waals surface area contributed by atoms with E-state index in [1.807, 2.05) is 18.2 Å². The van der Waals surface area contributed by atoms with Crippen LogP contribution in [-0.4, -0.2) is 21.6 Å². The van der Waals surface area contributed by atoms with Gasteiger partial charge in [-0.05, 0) is 37.5 Å². The van der Waals surface area contributed by atoms with Crippen LogP contribution < -0.4 is 11.1 Å². The lowest BCUT2D eigenvalue weighted by atomic mass is 9.77. The van der Waals surface area contributed by atoms with Gasteiger partial charge in [-0.2, -0.15) is 5.10 Å². The summed E-state index contributed by atoms with van der Waals surface area (Å²) >= 11 is 0. The summed E-state index contributed by atoms with van der Waals surface area (Å²) in [5.74, 6) is -0.0911. The molecular weight excluding hydrogens is 216 g/mol. The normalized spacial score (nSPS) is 17.7. The molecule has 0 spiro atoms. The minimum atomic E-state index is -0.661. The summed E-state index contributed by atoms with van der Waals surface area (Å²) in [6, 6.07) is 5.63. The van der Waals surface area contributed by atoms with Crippen molar-refractivity contribution in [3.05, 3.63) is 24.4 Å². The van der Waals surface area contributed by atoms with Gasteiger partial charge in [0.05, 0.1) is 17.3 Å². The molecule has 4 N–H and O–H groups in total. The molecule has 0 aliphatic heterocycles. The molecule has 3 rings (SSSR count). The molecule has 0 bridgehead atoms. The Hall–Kier alpha value is -1.88. The van der Waals surface area contributed by atoms with Crippen molar-refractivity contribution in [1.29, 1.82) is 0 Å². The van der Waals surface area contributed by atoms with Crippen LogP contribution in [-0.2, 0) is 4.79 Å². The second kappa shape index (κ2) is 3.56. The summed E-state index contributed by atoms with van der Waals surface area (Å²) in [7, 11) is 0. The summed E-state index contributed by atoms with van der Waals surface area (Å²) in [4.78, 5) is 11.9. The number of hydrogen-bond donors (Lipinski definition) is 3. The highest BCUT2D eigenvalue weighted by molar-refractivity contribution is 5.99. The first kappa shape index (κ1) is 10.3. The number of aromatic amines is 1. The number of H-pyrrole nitrogens is 1. The van der Waals surface area contributed by atoms with Gasteiger partial charge in [0.2, 0.25) is 5.91 Å². The third kappa shape index (κ3) is 1.68. The first-order valence-electron chi connectivity index (χ1n) is 5.71. The number of carbonyl (C=O) groups excluding carboxylic acids is 1. The topological polar surface area (TPSA) is 83.8 Å². The van der Waals surface area contributed by atoms with E-state index in [1.54, 1.807) is 6.20 Å². The molecule has 1 aromatic carbocycles. The van der Waals surface area contributed by atoms with Crippen molar-refractivity contribution in [2.24, 2.45) is 5.73 Å². The summed E-state index contributed by atoms with van der Waals surface area (Å²) < 4.78 is 0. The van der Waals surface area contributed by atoms with Crippen molar-refractivity contribution in [3.63, 3.8) is 0 Å². The standard InChI is InChI=1S/C12H14N4O/c13-12(4-1-5-12)11(17)15-9-2-3-10-8(6-9)7-14-16-10/h2-3,6-7H,1,4-5,13H2,(H,14,16)(H,15,17). The van der Waals surface area contributed by atoms with Gasteiger partial charge in [-0.15, -0.1) is 0 Å². The van der Waals surface area contributed by atoms with Crippen LogP contribution in [0.4, 0.5) is 5.69 Å². The predicted molar refractivity (Wildman–Crippen MR) is 65.5 cm³/mol. The molecule has 17 heavy (non-hydrogen) atoms. The zero-order valence-electron chi connectivity index (χ0n) is 9.36. The van der Waals surface area contributed by atoms with E-state index in [9.17, 15) is 4.79 Å². The van der Waals surface area contributed by atoms with E-state index in [-0.39, 0.29) is 5.91 Å². The van der Waals surface area contributed by atoms with Gasteiger partial charge in [0.1, 0.15) is 0 Å². The van der Waals surface area contributed by atoms with E-state index in [0.29, 0.717) is 0 Å². The van der Waals surface area contributed by atoms with Gasteiger partial charge in [0, 0.05) is 11.1 Å². The molecule has 0 radical (unpaired) electrons. The van der Waals surface area contributed by atoms with Gasteiger partial charge in [0.15, 0.2) is 0 Å². The minimum Gasteiger partial charge on any atom is -0.324 e. The smallest absolute Gasteiger partial charge is 0.244 e. The highest BCUT2D eigenvalue weighted by Crippen LogP contribution is 2.30. The molecular formula is C12H14N4O. The van der Waals surface area contributed by atoms with Gasteiger partial charge >= 0.3 is 0 Å². The fraction of sp³-hybridized carbons (Fsp3) is 0.333. The van der Waals surface area contributed by atoms with Gasteiger partial charge in [-0.25, -0.2) is 0 Å². The maximum absolute atomic E-state index is 11.9. The van der Waals surface area contributed by atoms with Gasteiger partial charge < -0.3 is 11.1 Å². The molecule has 0 unspecified atom stereocenters. The monoisotopic (exact) mass is 230 g/mol. The minimum absolute atomic E-state index is 0.0911.